The van der Waals surface area contributed by atoms with Crippen molar-refractivity contribution in [3.05, 3.63) is 0 Å². The van der Waals surface area contributed by atoms with Crippen LogP contribution < -0.4 is 0 Å². The fourth-order valence-electron chi connectivity index (χ4n) is 3.24. The second kappa shape index (κ2) is 5.61. The molecular weight excluding hydrogens is 222 g/mol. The molecule has 1 fully saturated rings. The van der Waals surface area contributed by atoms with Crippen LogP contribution in [0.5, 0.6) is 0 Å². The summed E-state index contributed by atoms with van der Waals surface area (Å²) in [7, 11) is 0. The van der Waals surface area contributed by atoms with Crippen LogP contribution in [0.15, 0.2) is 0 Å². The van der Waals surface area contributed by atoms with Gasteiger partial charge >= 0.3 is 0 Å². The summed E-state index contributed by atoms with van der Waals surface area (Å²) in [6.07, 6.45) is 4.34. The highest BCUT2D eigenvalue weighted by atomic mass is 16.3. The highest BCUT2D eigenvalue weighted by Crippen LogP contribution is 2.48. The van der Waals surface area contributed by atoms with E-state index >= 15 is 0 Å². The summed E-state index contributed by atoms with van der Waals surface area (Å²) in [5, 5.41) is 20.0. The average molecular weight is 251 g/mol. The van der Waals surface area contributed by atoms with Gasteiger partial charge in [-0.1, -0.05) is 41.0 Å². The highest BCUT2D eigenvalue weighted by Gasteiger charge is 2.45. The first-order chi connectivity index (χ1) is 8.27. The monoisotopic (exact) mass is 251 g/mol. The molecule has 0 aromatic heterocycles. The second-order valence-corrected chi connectivity index (χ2v) is 7.24. The van der Waals surface area contributed by atoms with Gasteiger partial charge in [-0.05, 0) is 42.9 Å². The third-order valence-corrected chi connectivity index (χ3v) is 5.07. The number of nitrogens with zero attached hydrogens (tertiary/aromatic N) is 1. The molecule has 0 heterocycles. The molecule has 2 atom stereocenters. The van der Waals surface area contributed by atoms with Gasteiger partial charge in [-0.3, -0.25) is 0 Å². The van der Waals surface area contributed by atoms with Crippen LogP contribution in [-0.2, 0) is 0 Å². The lowest BCUT2D eigenvalue weighted by molar-refractivity contribution is -0.0219. The van der Waals surface area contributed by atoms with Crippen molar-refractivity contribution in [2.75, 3.05) is 0 Å². The fraction of sp³-hybridized carbons (Fsp3) is 0.938. The van der Waals surface area contributed by atoms with Crippen LogP contribution in [-0.4, -0.2) is 11.2 Å². The van der Waals surface area contributed by atoms with E-state index in [0.717, 1.165) is 32.1 Å². The van der Waals surface area contributed by atoms with Crippen molar-refractivity contribution in [2.45, 2.75) is 72.8 Å². The van der Waals surface area contributed by atoms with Gasteiger partial charge in [0.2, 0.25) is 0 Å². The normalized spacial score (nSPS) is 32.6. The number of aliphatic hydroxyl groups excluding tert-OH is 1. The molecule has 0 aromatic rings. The van der Waals surface area contributed by atoms with Crippen molar-refractivity contribution < 1.29 is 5.11 Å². The van der Waals surface area contributed by atoms with Crippen LogP contribution in [0.3, 0.4) is 0 Å². The highest BCUT2D eigenvalue weighted by molar-refractivity contribution is 5.07. The van der Waals surface area contributed by atoms with Crippen LogP contribution >= 0.6 is 0 Å². The van der Waals surface area contributed by atoms with Gasteiger partial charge in [0.1, 0.15) is 0 Å². The standard InChI is InChI=1S/C16H29NO/c1-6-12(2)14(18)16(11-17)9-7-13(8-10-16)15(3,4)5/h12-14,18H,6-10H2,1-5H3. The molecule has 2 unspecified atom stereocenters. The van der Waals surface area contributed by atoms with Gasteiger partial charge in [0.15, 0.2) is 0 Å². The minimum absolute atomic E-state index is 0.218. The van der Waals surface area contributed by atoms with Gasteiger partial charge in [-0.2, -0.15) is 5.26 Å². The maximum absolute atomic E-state index is 10.5. The van der Waals surface area contributed by atoms with E-state index in [4.69, 9.17) is 0 Å². The number of nitriles is 1. The molecule has 1 saturated carbocycles. The molecular formula is C16H29NO. The van der Waals surface area contributed by atoms with Crippen molar-refractivity contribution in [3.8, 4) is 6.07 Å². The summed E-state index contributed by atoms with van der Waals surface area (Å²) >= 11 is 0. The molecule has 0 bridgehead atoms. The van der Waals surface area contributed by atoms with Crippen LogP contribution in [0.1, 0.15) is 66.7 Å². The zero-order valence-electron chi connectivity index (χ0n) is 12.7. The van der Waals surface area contributed by atoms with E-state index in [1.54, 1.807) is 0 Å². The Balaban J connectivity index is 2.75. The van der Waals surface area contributed by atoms with E-state index < -0.39 is 11.5 Å². The molecule has 18 heavy (non-hydrogen) atoms. The molecule has 0 radical (unpaired) electrons. The third-order valence-electron chi connectivity index (χ3n) is 5.07. The van der Waals surface area contributed by atoms with Crippen molar-refractivity contribution in [1.82, 2.24) is 0 Å². The molecule has 1 aliphatic carbocycles. The quantitative estimate of drug-likeness (QED) is 0.819. The lowest BCUT2D eigenvalue weighted by Crippen LogP contribution is -2.42. The third kappa shape index (κ3) is 3.06. The SMILES string of the molecule is CCC(C)C(O)C1(C#N)CCC(C(C)(C)C)CC1. The molecule has 0 aromatic carbocycles. The number of hydrogen-bond donors (Lipinski definition) is 1. The van der Waals surface area contributed by atoms with E-state index in [1.165, 1.54) is 0 Å². The van der Waals surface area contributed by atoms with E-state index in [2.05, 4.69) is 40.7 Å². The maximum atomic E-state index is 10.5. The van der Waals surface area contributed by atoms with Gasteiger partial charge in [-0.25, -0.2) is 0 Å². The Labute approximate surface area is 112 Å². The van der Waals surface area contributed by atoms with Crippen molar-refractivity contribution >= 4 is 0 Å². The Bertz CT molecular complexity index is 302. The lowest BCUT2D eigenvalue weighted by Gasteiger charge is -2.44. The van der Waals surface area contributed by atoms with Gasteiger partial charge < -0.3 is 5.11 Å². The van der Waals surface area contributed by atoms with Gasteiger partial charge in [0, 0.05) is 0 Å². The number of aliphatic hydroxyl groups is 1. The van der Waals surface area contributed by atoms with Crippen molar-refractivity contribution in [3.63, 3.8) is 0 Å². The van der Waals surface area contributed by atoms with Gasteiger partial charge in [0.25, 0.3) is 0 Å². The van der Waals surface area contributed by atoms with Gasteiger partial charge in [-0.15, -0.1) is 0 Å². The second-order valence-electron chi connectivity index (χ2n) is 7.24. The summed E-state index contributed by atoms with van der Waals surface area (Å²) in [5.74, 6) is 0.902. The Morgan fingerprint density at radius 2 is 1.83 bits per heavy atom. The maximum Gasteiger partial charge on any atom is 0.0835 e. The predicted molar refractivity (Wildman–Crippen MR) is 74.9 cm³/mol. The van der Waals surface area contributed by atoms with Crippen LogP contribution in [0.2, 0.25) is 0 Å². The first-order valence-electron chi connectivity index (χ1n) is 7.36. The first kappa shape index (κ1) is 15.5. The minimum atomic E-state index is -0.489. The molecule has 2 heteroatoms. The Kier molecular flexibility index (Phi) is 4.84. The molecule has 1 N–H and O–H groups in total. The van der Waals surface area contributed by atoms with Crippen LogP contribution in [0.25, 0.3) is 0 Å². The Morgan fingerprint density at radius 3 is 2.17 bits per heavy atom. The summed E-state index contributed by atoms with van der Waals surface area (Å²) in [6, 6.07) is 2.45. The van der Waals surface area contributed by atoms with Crippen molar-refractivity contribution in [1.29, 1.82) is 5.26 Å². The number of hydrogen-bond acceptors (Lipinski definition) is 2. The largest absolute Gasteiger partial charge is 0.391 e. The summed E-state index contributed by atoms with van der Waals surface area (Å²) < 4.78 is 0. The molecule has 0 amide bonds. The summed E-state index contributed by atoms with van der Waals surface area (Å²) in [6.45, 7) is 11.0. The lowest BCUT2D eigenvalue weighted by atomic mass is 9.61. The molecule has 0 saturated heterocycles. The average Bonchev–Trinajstić information content (AvgIpc) is 2.35. The molecule has 1 aliphatic rings. The predicted octanol–water partition coefficient (Wildman–Crippen LogP) is 4.14. The molecule has 2 nitrogen and oxygen atoms in total. The smallest absolute Gasteiger partial charge is 0.0835 e. The molecule has 0 spiro atoms. The summed E-state index contributed by atoms with van der Waals surface area (Å²) in [5.41, 5.74) is -0.167. The van der Waals surface area contributed by atoms with Gasteiger partial charge in [0.05, 0.1) is 17.6 Å². The molecule has 1 rings (SSSR count). The zero-order valence-corrected chi connectivity index (χ0v) is 12.7. The van der Waals surface area contributed by atoms with Crippen LogP contribution in [0, 0.1) is 34.0 Å². The Hall–Kier alpha value is -0.550. The first-order valence-corrected chi connectivity index (χ1v) is 7.36. The minimum Gasteiger partial charge on any atom is -0.391 e. The van der Waals surface area contributed by atoms with Crippen molar-refractivity contribution in [2.24, 2.45) is 22.7 Å². The van der Waals surface area contributed by atoms with E-state index in [-0.39, 0.29) is 5.92 Å². The Morgan fingerprint density at radius 1 is 1.33 bits per heavy atom. The zero-order chi connectivity index (χ0) is 14.0. The van der Waals surface area contributed by atoms with E-state index in [9.17, 15) is 10.4 Å². The van der Waals surface area contributed by atoms with E-state index in [1.807, 2.05) is 0 Å². The molecule has 0 aliphatic heterocycles. The topological polar surface area (TPSA) is 44.0 Å². The fourth-order valence-corrected chi connectivity index (χ4v) is 3.24. The van der Waals surface area contributed by atoms with Crippen LogP contribution in [0.4, 0.5) is 0 Å². The summed E-state index contributed by atoms with van der Waals surface area (Å²) in [4.78, 5) is 0. The number of rotatable bonds is 3. The molecule has 104 valence electrons. The van der Waals surface area contributed by atoms with E-state index in [0.29, 0.717) is 11.3 Å².